The third kappa shape index (κ3) is 5.83. The molecule has 0 aliphatic carbocycles. The first kappa shape index (κ1) is 28.5. The van der Waals surface area contributed by atoms with Gasteiger partial charge in [0, 0.05) is 18.5 Å². The van der Waals surface area contributed by atoms with E-state index in [0.717, 1.165) is 84.1 Å². The van der Waals surface area contributed by atoms with Crippen molar-refractivity contribution in [1.82, 2.24) is 14.5 Å². The van der Waals surface area contributed by atoms with Gasteiger partial charge in [-0.1, -0.05) is 73.7 Å². The first-order chi connectivity index (χ1) is 22.1. The van der Waals surface area contributed by atoms with E-state index < -0.39 is 0 Å². The lowest BCUT2D eigenvalue weighted by Crippen LogP contribution is -2.06. The van der Waals surface area contributed by atoms with Gasteiger partial charge >= 0.3 is 0 Å². The lowest BCUT2D eigenvalue weighted by molar-refractivity contribution is 0.306. The van der Waals surface area contributed by atoms with Gasteiger partial charge < -0.3 is 9.30 Å². The average molecular weight is 605 g/mol. The van der Waals surface area contributed by atoms with Crippen molar-refractivity contribution >= 4 is 32.6 Å². The Kier molecular flexibility index (Phi) is 7.85. The topological polar surface area (TPSA) is 63.7 Å². The van der Waals surface area contributed by atoms with E-state index in [-0.39, 0.29) is 0 Å². The number of para-hydroxylation sites is 1. The molecule has 6 heteroatoms. The van der Waals surface area contributed by atoms with Gasteiger partial charge in [0.1, 0.15) is 23.2 Å². The van der Waals surface area contributed by atoms with Crippen LogP contribution in [0.15, 0.2) is 109 Å². The Labute approximate surface area is 267 Å². The smallest absolute Gasteiger partial charge is 0.124 e. The Balaban J connectivity index is 1.23. The number of aryl methyl sites for hydroxylation is 2. The maximum Gasteiger partial charge on any atom is 0.124 e. The van der Waals surface area contributed by atoms with Crippen LogP contribution in [0.3, 0.4) is 0 Å². The molecule has 5 aromatic carbocycles. The van der Waals surface area contributed by atoms with E-state index in [1.165, 1.54) is 0 Å². The molecule has 5 nitrogen and oxygen atoms in total. The summed E-state index contributed by atoms with van der Waals surface area (Å²) in [7, 11) is 0. The van der Waals surface area contributed by atoms with E-state index in [0.29, 0.717) is 18.7 Å². The van der Waals surface area contributed by atoms with Gasteiger partial charge in [-0.2, -0.15) is 5.26 Å². The molecule has 0 fully saturated rings. The molecular formula is C39H32N4OS. The Morgan fingerprint density at radius 2 is 1.60 bits per heavy atom. The van der Waals surface area contributed by atoms with E-state index in [4.69, 9.17) is 14.7 Å². The lowest BCUT2D eigenvalue weighted by atomic mass is 9.98. The van der Waals surface area contributed by atoms with Gasteiger partial charge in [-0.25, -0.2) is 9.97 Å². The fourth-order valence-electron chi connectivity index (χ4n) is 5.86. The third-order valence-electron chi connectivity index (χ3n) is 8.07. The van der Waals surface area contributed by atoms with Crippen LogP contribution in [0.2, 0.25) is 0 Å². The van der Waals surface area contributed by atoms with Crippen molar-refractivity contribution in [2.75, 3.05) is 0 Å². The number of benzene rings is 5. The van der Waals surface area contributed by atoms with Crippen molar-refractivity contribution in [3.05, 3.63) is 137 Å². The van der Waals surface area contributed by atoms with E-state index in [9.17, 15) is 5.26 Å². The molecule has 0 spiro atoms. The molecule has 0 saturated carbocycles. The first-order valence-electron chi connectivity index (χ1n) is 15.3. The molecule has 0 radical (unpaired) electrons. The molecule has 0 atom stereocenters. The average Bonchev–Trinajstić information content (AvgIpc) is 3.66. The normalized spacial score (nSPS) is 11.2. The largest absolute Gasteiger partial charge is 0.489 e. The summed E-state index contributed by atoms with van der Waals surface area (Å²) in [5.41, 5.74) is 10.2. The number of nitrogens with zero attached hydrogens (tertiary/aromatic N) is 4. The Hall–Kier alpha value is -5.25. The highest BCUT2D eigenvalue weighted by Crippen LogP contribution is 2.35. The minimum absolute atomic E-state index is 0.497. The standard InChI is InChI=1S/C39H32N4OS/c1-3-10-37-42-38-26(2)19-30(39-41-34-21-28(16-18-36(34)45-39)25-44-32-13-8-5-9-14-32)22-35(38)43(37)24-27-15-17-33(31(20-27)23-40)29-11-6-4-7-12-29/h4-9,11-22H,3,10,24-25H2,1-2H3. The van der Waals surface area contributed by atoms with E-state index in [1.54, 1.807) is 11.3 Å². The number of ether oxygens (including phenoxy) is 1. The van der Waals surface area contributed by atoms with Crippen molar-refractivity contribution in [2.45, 2.75) is 39.8 Å². The molecule has 2 aromatic heterocycles. The highest BCUT2D eigenvalue weighted by Gasteiger charge is 2.17. The lowest BCUT2D eigenvalue weighted by Gasteiger charge is -2.12. The van der Waals surface area contributed by atoms with Crippen molar-refractivity contribution < 1.29 is 4.74 Å². The number of hydrogen-bond donors (Lipinski definition) is 0. The minimum Gasteiger partial charge on any atom is -0.489 e. The van der Waals surface area contributed by atoms with E-state index in [2.05, 4.69) is 66.9 Å². The van der Waals surface area contributed by atoms with Crippen molar-refractivity contribution in [3.63, 3.8) is 0 Å². The van der Waals surface area contributed by atoms with Gasteiger partial charge in [-0.3, -0.25) is 0 Å². The summed E-state index contributed by atoms with van der Waals surface area (Å²) in [5.74, 6) is 1.92. The maximum atomic E-state index is 10.0. The maximum absolute atomic E-state index is 10.0. The number of aromatic nitrogens is 3. The minimum atomic E-state index is 0.497. The number of nitriles is 1. The van der Waals surface area contributed by atoms with Crippen LogP contribution >= 0.6 is 11.3 Å². The molecule has 45 heavy (non-hydrogen) atoms. The summed E-state index contributed by atoms with van der Waals surface area (Å²) in [4.78, 5) is 10.2. The number of imidazole rings is 1. The molecule has 0 unspecified atom stereocenters. The van der Waals surface area contributed by atoms with Crippen molar-refractivity contribution in [3.8, 4) is 33.5 Å². The molecule has 0 bridgehead atoms. The number of thiazole rings is 1. The first-order valence-corrected chi connectivity index (χ1v) is 16.1. The van der Waals surface area contributed by atoms with Crippen molar-refractivity contribution in [2.24, 2.45) is 0 Å². The molecule has 2 heterocycles. The molecule has 0 aliphatic rings. The van der Waals surface area contributed by atoms with Gasteiger partial charge in [-0.05, 0) is 83.6 Å². The van der Waals surface area contributed by atoms with Gasteiger partial charge in [0.05, 0.1) is 32.9 Å². The second kappa shape index (κ2) is 12.4. The van der Waals surface area contributed by atoms with Gasteiger partial charge in [0.2, 0.25) is 0 Å². The van der Waals surface area contributed by atoms with Gasteiger partial charge in [0.15, 0.2) is 0 Å². The van der Waals surface area contributed by atoms with Crippen LogP contribution in [0.4, 0.5) is 0 Å². The summed E-state index contributed by atoms with van der Waals surface area (Å²) in [6.45, 7) is 5.46. The van der Waals surface area contributed by atoms with E-state index >= 15 is 0 Å². The van der Waals surface area contributed by atoms with E-state index in [1.807, 2.05) is 66.7 Å². The predicted molar refractivity (Wildman–Crippen MR) is 184 cm³/mol. The zero-order valence-corrected chi connectivity index (χ0v) is 26.1. The van der Waals surface area contributed by atoms with Gasteiger partial charge in [0.25, 0.3) is 0 Å². The molecule has 7 rings (SSSR count). The van der Waals surface area contributed by atoms with Crippen LogP contribution < -0.4 is 4.74 Å². The zero-order valence-electron chi connectivity index (χ0n) is 25.3. The fraction of sp³-hybridized carbons (Fsp3) is 0.154. The molecule has 0 saturated heterocycles. The highest BCUT2D eigenvalue weighted by molar-refractivity contribution is 7.21. The molecular weight excluding hydrogens is 573 g/mol. The third-order valence-corrected chi connectivity index (χ3v) is 9.16. The zero-order chi connectivity index (χ0) is 30.8. The number of fused-ring (bicyclic) bond motifs is 2. The fourth-order valence-corrected chi connectivity index (χ4v) is 6.79. The quantitative estimate of drug-likeness (QED) is 0.165. The second-order valence-electron chi connectivity index (χ2n) is 11.3. The summed E-state index contributed by atoms with van der Waals surface area (Å²) < 4.78 is 9.44. The van der Waals surface area contributed by atoms with Crippen LogP contribution in [0.5, 0.6) is 5.75 Å². The molecule has 7 aromatic rings. The Morgan fingerprint density at radius 3 is 2.38 bits per heavy atom. The molecule has 0 N–H and O–H groups in total. The monoisotopic (exact) mass is 604 g/mol. The van der Waals surface area contributed by atoms with Crippen LogP contribution in [0.25, 0.3) is 42.9 Å². The van der Waals surface area contributed by atoms with Crippen LogP contribution in [-0.2, 0) is 19.6 Å². The Bertz CT molecular complexity index is 2170. The molecule has 0 amide bonds. The Morgan fingerprint density at radius 1 is 0.822 bits per heavy atom. The van der Waals surface area contributed by atoms with Gasteiger partial charge in [-0.15, -0.1) is 11.3 Å². The summed E-state index contributed by atoms with van der Waals surface area (Å²) in [5, 5.41) is 11.0. The summed E-state index contributed by atoms with van der Waals surface area (Å²) in [6.07, 6.45) is 1.88. The highest BCUT2D eigenvalue weighted by atomic mass is 32.1. The SMILES string of the molecule is CCCc1nc2c(C)cc(-c3nc4cc(COc5ccccc5)ccc4s3)cc2n1Cc1ccc(-c2ccccc2)c(C#N)c1. The molecule has 220 valence electrons. The van der Waals surface area contributed by atoms with Crippen LogP contribution in [0.1, 0.15) is 41.4 Å². The number of rotatable bonds is 9. The molecule has 0 aliphatic heterocycles. The van der Waals surface area contributed by atoms with Crippen LogP contribution in [-0.4, -0.2) is 14.5 Å². The summed E-state index contributed by atoms with van der Waals surface area (Å²) in [6, 6.07) is 39.4. The predicted octanol–water partition coefficient (Wildman–Crippen LogP) is 9.74. The number of hydrogen-bond acceptors (Lipinski definition) is 5. The van der Waals surface area contributed by atoms with Crippen molar-refractivity contribution in [1.29, 1.82) is 5.26 Å². The summed E-state index contributed by atoms with van der Waals surface area (Å²) >= 11 is 1.70. The second-order valence-corrected chi connectivity index (χ2v) is 12.3. The van der Waals surface area contributed by atoms with Crippen LogP contribution in [0, 0.1) is 18.3 Å².